The zero-order valence-corrected chi connectivity index (χ0v) is 15.7. The van der Waals surface area contributed by atoms with E-state index in [1.165, 1.54) is 21.6 Å². The second-order valence-corrected chi connectivity index (χ2v) is 7.11. The van der Waals surface area contributed by atoms with Crippen LogP contribution in [0.3, 0.4) is 0 Å². The second kappa shape index (κ2) is 8.41. The minimum absolute atomic E-state index is 0.125. The van der Waals surface area contributed by atoms with E-state index in [4.69, 9.17) is 4.74 Å². The van der Waals surface area contributed by atoms with Crippen LogP contribution in [0.5, 0.6) is 0 Å². The Morgan fingerprint density at radius 2 is 1.78 bits per heavy atom. The summed E-state index contributed by atoms with van der Waals surface area (Å²) in [6.45, 7) is 6.38. The van der Waals surface area contributed by atoms with E-state index in [1.807, 2.05) is 10.7 Å². The van der Waals surface area contributed by atoms with Gasteiger partial charge >= 0.3 is 0 Å². The highest BCUT2D eigenvalue weighted by atomic mass is 16.5. The number of nitrogens with zero attached hydrogens (tertiary/aromatic N) is 4. The molecule has 6 nitrogen and oxygen atoms in total. The minimum atomic E-state index is 0.125. The summed E-state index contributed by atoms with van der Waals surface area (Å²) in [5.74, 6) is 0.937. The van der Waals surface area contributed by atoms with Gasteiger partial charge in [-0.1, -0.05) is 60.2 Å². The van der Waals surface area contributed by atoms with Crippen molar-refractivity contribution in [3.8, 4) is 0 Å². The van der Waals surface area contributed by atoms with Crippen molar-refractivity contribution in [2.75, 3.05) is 26.3 Å². The first-order valence-corrected chi connectivity index (χ1v) is 9.60. The maximum Gasteiger partial charge on any atom is 0.214 e. The summed E-state index contributed by atoms with van der Waals surface area (Å²) in [6, 6.07) is 19.4. The first-order chi connectivity index (χ1) is 13.3. The van der Waals surface area contributed by atoms with Gasteiger partial charge in [0.15, 0.2) is 6.04 Å². The maximum atomic E-state index is 5.58. The molecule has 27 heavy (non-hydrogen) atoms. The highest BCUT2D eigenvalue weighted by Gasteiger charge is 2.32. The normalized spacial score (nSPS) is 16.3. The van der Waals surface area contributed by atoms with Gasteiger partial charge in [-0.3, -0.25) is 0 Å². The molecule has 1 aliphatic heterocycles. The number of aryl methyl sites for hydroxylation is 3. The summed E-state index contributed by atoms with van der Waals surface area (Å²) in [5, 5.41) is 12.8. The summed E-state index contributed by atoms with van der Waals surface area (Å²) < 4.78 is 7.55. The van der Waals surface area contributed by atoms with E-state index in [9.17, 15) is 0 Å². The van der Waals surface area contributed by atoms with E-state index in [2.05, 4.69) is 71.0 Å². The van der Waals surface area contributed by atoms with Gasteiger partial charge in [0.05, 0.1) is 13.2 Å². The fourth-order valence-electron chi connectivity index (χ4n) is 3.71. The van der Waals surface area contributed by atoms with Crippen LogP contribution in [-0.4, -0.2) is 46.5 Å². The molecule has 0 spiro atoms. The van der Waals surface area contributed by atoms with Gasteiger partial charge in [-0.2, -0.15) is 0 Å². The quantitative estimate of drug-likeness (QED) is 0.715. The molecular formula is C21H26N5O+. The Labute approximate surface area is 159 Å². The average molecular weight is 364 g/mol. The molecule has 1 fully saturated rings. The zero-order valence-electron chi connectivity index (χ0n) is 15.7. The molecule has 1 saturated heterocycles. The smallest absolute Gasteiger partial charge is 0.214 e. The lowest BCUT2D eigenvalue weighted by Crippen LogP contribution is -3.14. The van der Waals surface area contributed by atoms with Gasteiger partial charge in [0.2, 0.25) is 5.82 Å². The van der Waals surface area contributed by atoms with Crippen molar-refractivity contribution in [1.82, 2.24) is 20.2 Å². The van der Waals surface area contributed by atoms with Gasteiger partial charge in [-0.05, 0) is 29.3 Å². The second-order valence-electron chi connectivity index (χ2n) is 7.11. The molecule has 1 aromatic heterocycles. The number of tetrazole rings is 1. The van der Waals surface area contributed by atoms with Crippen LogP contribution in [0.2, 0.25) is 0 Å². The molecule has 0 radical (unpaired) electrons. The molecule has 6 heteroatoms. The zero-order chi connectivity index (χ0) is 18.5. The third-order valence-corrected chi connectivity index (χ3v) is 5.23. The molecule has 1 atom stereocenters. The van der Waals surface area contributed by atoms with E-state index in [0.717, 1.165) is 45.1 Å². The molecule has 0 unspecified atom stereocenters. The standard InChI is InChI=1S/C21H25N5O/c1-17-7-9-19(10-8-17)20(25-13-15-27-16-14-25)21-22-23-24-26(21)12-11-18-5-3-2-4-6-18/h2-10,20H,11-16H2,1H3/p+1/t20-/m1/s1. The van der Waals surface area contributed by atoms with Gasteiger partial charge in [0.1, 0.15) is 13.1 Å². The number of quaternary nitrogens is 1. The number of ether oxygens (including phenoxy) is 1. The van der Waals surface area contributed by atoms with E-state index in [-0.39, 0.29) is 6.04 Å². The molecule has 1 N–H and O–H groups in total. The predicted molar refractivity (Wildman–Crippen MR) is 103 cm³/mol. The third-order valence-electron chi connectivity index (χ3n) is 5.23. The monoisotopic (exact) mass is 364 g/mol. The van der Waals surface area contributed by atoms with Crippen LogP contribution < -0.4 is 4.90 Å². The van der Waals surface area contributed by atoms with E-state index in [1.54, 1.807) is 0 Å². The molecule has 0 aliphatic carbocycles. The topological polar surface area (TPSA) is 57.3 Å². The molecule has 2 aromatic carbocycles. The molecule has 0 saturated carbocycles. The van der Waals surface area contributed by atoms with Gasteiger partial charge in [-0.25, -0.2) is 4.68 Å². The minimum Gasteiger partial charge on any atom is -0.370 e. The Balaban J connectivity index is 1.62. The summed E-state index contributed by atoms with van der Waals surface area (Å²) in [4.78, 5) is 1.46. The highest BCUT2D eigenvalue weighted by molar-refractivity contribution is 5.26. The highest BCUT2D eigenvalue weighted by Crippen LogP contribution is 2.18. The molecular weight excluding hydrogens is 338 g/mol. The number of benzene rings is 2. The third kappa shape index (κ3) is 4.23. The van der Waals surface area contributed by atoms with E-state index in [0.29, 0.717) is 0 Å². The lowest BCUT2D eigenvalue weighted by Gasteiger charge is -2.31. The van der Waals surface area contributed by atoms with Crippen molar-refractivity contribution in [1.29, 1.82) is 0 Å². The van der Waals surface area contributed by atoms with E-state index >= 15 is 0 Å². The Kier molecular flexibility index (Phi) is 5.55. The largest absolute Gasteiger partial charge is 0.370 e. The lowest BCUT2D eigenvalue weighted by molar-refractivity contribution is -0.933. The van der Waals surface area contributed by atoms with Gasteiger partial charge in [0.25, 0.3) is 0 Å². The van der Waals surface area contributed by atoms with Crippen molar-refractivity contribution in [3.05, 3.63) is 77.1 Å². The number of hydrogen-bond donors (Lipinski definition) is 1. The Hall–Kier alpha value is -2.57. The molecule has 0 bridgehead atoms. The van der Waals surface area contributed by atoms with Crippen LogP contribution in [0, 0.1) is 6.92 Å². The average Bonchev–Trinajstić information content (AvgIpc) is 3.18. The fourth-order valence-corrected chi connectivity index (χ4v) is 3.71. The predicted octanol–water partition coefficient (Wildman–Crippen LogP) is 1.23. The van der Waals surface area contributed by atoms with Crippen molar-refractivity contribution in [2.24, 2.45) is 0 Å². The molecule has 1 aliphatic rings. The summed E-state index contributed by atoms with van der Waals surface area (Å²) in [5.41, 5.74) is 3.82. The van der Waals surface area contributed by atoms with Crippen molar-refractivity contribution in [3.63, 3.8) is 0 Å². The summed E-state index contributed by atoms with van der Waals surface area (Å²) >= 11 is 0. The Morgan fingerprint density at radius 1 is 1.04 bits per heavy atom. The summed E-state index contributed by atoms with van der Waals surface area (Å²) in [6.07, 6.45) is 0.915. The number of aromatic nitrogens is 4. The molecule has 140 valence electrons. The van der Waals surface area contributed by atoms with Gasteiger partial charge < -0.3 is 9.64 Å². The van der Waals surface area contributed by atoms with Crippen LogP contribution in [0.1, 0.15) is 28.6 Å². The van der Waals surface area contributed by atoms with Crippen molar-refractivity contribution < 1.29 is 9.64 Å². The molecule has 4 rings (SSSR count). The number of rotatable bonds is 6. The van der Waals surface area contributed by atoms with Crippen molar-refractivity contribution >= 4 is 0 Å². The van der Waals surface area contributed by atoms with Gasteiger partial charge in [0, 0.05) is 12.1 Å². The molecule has 0 amide bonds. The summed E-state index contributed by atoms with van der Waals surface area (Å²) in [7, 11) is 0. The first-order valence-electron chi connectivity index (χ1n) is 9.60. The Bertz CT molecular complexity index is 841. The SMILES string of the molecule is Cc1ccc([C@H](c2nnnn2CCc2ccccc2)[NH+]2CCOCC2)cc1. The lowest BCUT2D eigenvalue weighted by atomic mass is 10.0. The maximum absolute atomic E-state index is 5.58. The number of morpholine rings is 1. The van der Waals surface area contributed by atoms with Crippen LogP contribution in [0.25, 0.3) is 0 Å². The van der Waals surface area contributed by atoms with Crippen LogP contribution in [0.15, 0.2) is 54.6 Å². The van der Waals surface area contributed by atoms with Crippen LogP contribution in [-0.2, 0) is 17.7 Å². The van der Waals surface area contributed by atoms with Crippen LogP contribution >= 0.6 is 0 Å². The Morgan fingerprint density at radius 3 is 2.52 bits per heavy atom. The molecule has 3 aromatic rings. The fraction of sp³-hybridized carbons (Fsp3) is 0.381. The van der Waals surface area contributed by atoms with Gasteiger partial charge in [-0.15, -0.1) is 5.10 Å². The molecule has 2 heterocycles. The number of nitrogens with one attached hydrogen (secondary N) is 1. The van der Waals surface area contributed by atoms with Crippen molar-refractivity contribution in [2.45, 2.75) is 25.9 Å². The van der Waals surface area contributed by atoms with E-state index < -0.39 is 0 Å². The van der Waals surface area contributed by atoms with Crippen LogP contribution in [0.4, 0.5) is 0 Å². The first kappa shape index (κ1) is 17.8. The number of hydrogen-bond acceptors (Lipinski definition) is 4.